The number of rotatable bonds is 9. The van der Waals surface area contributed by atoms with Crippen LogP contribution in [0.1, 0.15) is 23.1 Å². The Bertz CT molecular complexity index is 904. The minimum Gasteiger partial charge on any atom is -0.492 e. The van der Waals surface area contributed by atoms with Crippen LogP contribution in [0, 0.1) is 11.3 Å². The number of nitrogens with two attached hydrogens (primary N) is 1. The van der Waals surface area contributed by atoms with Crippen molar-refractivity contribution in [3.8, 4) is 11.8 Å². The lowest BCUT2D eigenvalue weighted by Crippen LogP contribution is -2.37. The molecule has 0 aromatic heterocycles. The molecular formula is C23H27ClN4O2. The maximum Gasteiger partial charge on any atom is 0.137 e. The van der Waals surface area contributed by atoms with E-state index < -0.39 is 0 Å². The lowest BCUT2D eigenvalue weighted by atomic mass is 10.00. The summed E-state index contributed by atoms with van der Waals surface area (Å²) in [5.74, 6) is 0.584. The lowest BCUT2D eigenvalue weighted by molar-refractivity contribution is 0.0358. The Balaban J connectivity index is 1.71. The van der Waals surface area contributed by atoms with Gasteiger partial charge in [0, 0.05) is 42.3 Å². The van der Waals surface area contributed by atoms with E-state index in [0.717, 1.165) is 56.1 Å². The first-order chi connectivity index (χ1) is 14.7. The number of halogens is 1. The van der Waals surface area contributed by atoms with E-state index in [2.05, 4.69) is 16.0 Å². The number of hydrogen-bond donors (Lipinski definition) is 1. The van der Waals surface area contributed by atoms with Crippen molar-refractivity contribution in [3.05, 3.63) is 64.2 Å². The number of aliphatic imine (C=N–C) groups is 1. The summed E-state index contributed by atoms with van der Waals surface area (Å²) in [7, 11) is 0. The molecule has 0 bridgehead atoms. The highest BCUT2D eigenvalue weighted by Crippen LogP contribution is 2.25. The third-order valence-electron chi connectivity index (χ3n) is 4.88. The Kier molecular flexibility index (Phi) is 8.66. The van der Waals surface area contributed by atoms with Crippen LogP contribution in [0.4, 0.5) is 0 Å². The van der Waals surface area contributed by atoms with Gasteiger partial charge in [-0.3, -0.25) is 9.89 Å². The van der Waals surface area contributed by atoms with Gasteiger partial charge in [0.2, 0.25) is 0 Å². The molecule has 0 saturated carbocycles. The molecule has 0 amide bonds. The van der Waals surface area contributed by atoms with Crippen molar-refractivity contribution in [3.63, 3.8) is 0 Å². The molecule has 2 N–H and O–H groups in total. The largest absolute Gasteiger partial charge is 0.492 e. The van der Waals surface area contributed by atoms with Gasteiger partial charge < -0.3 is 15.2 Å². The zero-order valence-corrected chi connectivity index (χ0v) is 17.8. The third kappa shape index (κ3) is 6.04. The fourth-order valence-electron chi connectivity index (χ4n) is 3.35. The van der Waals surface area contributed by atoms with Gasteiger partial charge in [-0.15, -0.1) is 0 Å². The molecule has 30 heavy (non-hydrogen) atoms. The first kappa shape index (κ1) is 22.3. The smallest absolute Gasteiger partial charge is 0.137 e. The van der Waals surface area contributed by atoms with E-state index in [9.17, 15) is 5.26 Å². The quantitative estimate of drug-likeness (QED) is 0.492. The third-order valence-corrected chi connectivity index (χ3v) is 5.21. The predicted molar refractivity (Wildman–Crippen MR) is 120 cm³/mol. The van der Waals surface area contributed by atoms with Gasteiger partial charge in [-0.1, -0.05) is 29.8 Å². The summed E-state index contributed by atoms with van der Waals surface area (Å²) in [5.41, 5.74) is 8.48. The highest BCUT2D eigenvalue weighted by molar-refractivity contribution is 6.35. The van der Waals surface area contributed by atoms with Crippen molar-refractivity contribution >= 4 is 17.3 Å². The van der Waals surface area contributed by atoms with Gasteiger partial charge in [-0.25, -0.2) is 0 Å². The van der Waals surface area contributed by atoms with Gasteiger partial charge in [0.15, 0.2) is 0 Å². The molecule has 0 atom stereocenters. The molecule has 1 aliphatic heterocycles. The standard InChI is InChI=1S/C23H27ClN4O2/c24-21-5-2-1-4-20(21)23(27-9-8-25)18-6-7-22(19(16-18)17-26)30-13-3-10-28-11-14-29-15-12-28/h1-2,4-7,16H,3,8-15,25H2. The molecule has 0 spiro atoms. The first-order valence-corrected chi connectivity index (χ1v) is 10.6. The van der Waals surface area contributed by atoms with Crippen LogP contribution in [0.15, 0.2) is 47.5 Å². The molecule has 1 fully saturated rings. The number of morpholine rings is 1. The molecule has 158 valence electrons. The number of nitriles is 1. The predicted octanol–water partition coefficient (Wildman–Crippen LogP) is 3.11. The summed E-state index contributed by atoms with van der Waals surface area (Å²) in [6.45, 7) is 5.94. The molecule has 2 aromatic rings. The van der Waals surface area contributed by atoms with Crippen molar-refractivity contribution < 1.29 is 9.47 Å². The van der Waals surface area contributed by atoms with E-state index in [1.54, 1.807) is 6.07 Å². The maximum atomic E-state index is 9.65. The molecule has 0 aliphatic carbocycles. The van der Waals surface area contributed by atoms with Crippen LogP contribution >= 0.6 is 11.6 Å². The molecule has 1 heterocycles. The van der Waals surface area contributed by atoms with Crippen molar-refractivity contribution in [2.75, 3.05) is 52.5 Å². The summed E-state index contributed by atoms with van der Waals surface area (Å²) < 4.78 is 11.3. The van der Waals surface area contributed by atoms with Gasteiger partial charge in [-0.05, 0) is 30.7 Å². The van der Waals surface area contributed by atoms with E-state index >= 15 is 0 Å². The molecule has 3 rings (SSSR count). The van der Waals surface area contributed by atoms with Crippen LogP contribution in [0.25, 0.3) is 0 Å². The molecule has 7 heteroatoms. The first-order valence-electron chi connectivity index (χ1n) is 10.2. The SMILES string of the molecule is N#Cc1cc(C(=NCCN)c2ccccc2Cl)ccc1OCCCN1CCOCC1. The normalized spacial score (nSPS) is 15.0. The zero-order chi connectivity index (χ0) is 21.2. The Morgan fingerprint density at radius 2 is 2.03 bits per heavy atom. The van der Waals surface area contributed by atoms with Gasteiger partial charge in [0.05, 0.1) is 37.6 Å². The monoisotopic (exact) mass is 426 g/mol. The number of hydrogen-bond acceptors (Lipinski definition) is 6. The van der Waals surface area contributed by atoms with Crippen LogP contribution in [0.5, 0.6) is 5.75 Å². The second-order valence-corrected chi connectivity index (χ2v) is 7.38. The Morgan fingerprint density at radius 1 is 1.23 bits per heavy atom. The number of benzene rings is 2. The molecule has 6 nitrogen and oxygen atoms in total. The van der Waals surface area contributed by atoms with Crippen molar-refractivity contribution in [1.29, 1.82) is 5.26 Å². The summed E-state index contributed by atoms with van der Waals surface area (Å²) >= 11 is 6.39. The highest BCUT2D eigenvalue weighted by Gasteiger charge is 2.14. The number of nitrogens with zero attached hydrogens (tertiary/aromatic N) is 3. The molecular weight excluding hydrogens is 400 g/mol. The fraction of sp³-hybridized carbons (Fsp3) is 0.391. The molecule has 1 saturated heterocycles. The topological polar surface area (TPSA) is 83.9 Å². The molecule has 0 unspecified atom stereocenters. The van der Waals surface area contributed by atoms with Gasteiger partial charge in [0.25, 0.3) is 0 Å². The Labute approximate surface area is 182 Å². The van der Waals surface area contributed by atoms with E-state index in [0.29, 0.717) is 36.0 Å². The van der Waals surface area contributed by atoms with Crippen molar-refractivity contribution in [1.82, 2.24) is 4.90 Å². The van der Waals surface area contributed by atoms with E-state index in [4.69, 9.17) is 26.8 Å². The Morgan fingerprint density at radius 3 is 2.77 bits per heavy atom. The minimum atomic E-state index is 0.434. The summed E-state index contributed by atoms with van der Waals surface area (Å²) in [4.78, 5) is 6.98. The second kappa shape index (κ2) is 11.7. The van der Waals surface area contributed by atoms with E-state index in [1.165, 1.54) is 0 Å². The van der Waals surface area contributed by atoms with E-state index in [1.807, 2.05) is 36.4 Å². The lowest BCUT2D eigenvalue weighted by Gasteiger charge is -2.26. The van der Waals surface area contributed by atoms with Gasteiger partial charge >= 0.3 is 0 Å². The van der Waals surface area contributed by atoms with Crippen molar-refractivity contribution in [2.24, 2.45) is 10.7 Å². The summed E-state index contributed by atoms with van der Waals surface area (Å²) in [6.07, 6.45) is 0.898. The van der Waals surface area contributed by atoms with Crippen LogP contribution in [0.2, 0.25) is 5.02 Å². The van der Waals surface area contributed by atoms with Gasteiger partial charge in [0.1, 0.15) is 11.8 Å². The molecule has 1 aliphatic rings. The maximum absolute atomic E-state index is 9.65. The fourth-order valence-corrected chi connectivity index (χ4v) is 3.57. The highest BCUT2D eigenvalue weighted by atomic mass is 35.5. The van der Waals surface area contributed by atoms with Crippen LogP contribution in [0.3, 0.4) is 0 Å². The average molecular weight is 427 g/mol. The second-order valence-electron chi connectivity index (χ2n) is 6.98. The van der Waals surface area contributed by atoms with E-state index in [-0.39, 0.29) is 0 Å². The molecule has 2 aromatic carbocycles. The summed E-state index contributed by atoms with van der Waals surface area (Å²) in [5, 5.41) is 10.3. The van der Waals surface area contributed by atoms with Crippen molar-refractivity contribution in [2.45, 2.75) is 6.42 Å². The summed E-state index contributed by atoms with van der Waals surface area (Å²) in [6, 6.07) is 15.3. The number of ether oxygens (including phenoxy) is 2. The Hall–Kier alpha value is -2.43. The zero-order valence-electron chi connectivity index (χ0n) is 17.0. The van der Waals surface area contributed by atoms with Crippen LogP contribution in [-0.4, -0.2) is 63.2 Å². The molecule has 0 radical (unpaired) electrons. The minimum absolute atomic E-state index is 0.434. The van der Waals surface area contributed by atoms with Crippen LogP contribution in [-0.2, 0) is 4.74 Å². The van der Waals surface area contributed by atoms with Crippen LogP contribution < -0.4 is 10.5 Å². The average Bonchev–Trinajstić information content (AvgIpc) is 2.79. The van der Waals surface area contributed by atoms with Gasteiger partial charge in [-0.2, -0.15) is 5.26 Å².